The van der Waals surface area contributed by atoms with Crippen LogP contribution < -0.4 is 11.5 Å². The maximum Gasteiger partial charge on any atom is 0.0349 e. The number of benzene rings is 2. The summed E-state index contributed by atoms with van der Waals surface area (Å²) in [5.41, 5.74) is 21.7. The van der Waals surface area contributed by atoms with Crippen molar-refractivity contribution < 1.29 is 0 Å². The molecule has 0 aliphatic carbocycles. The summed E-state index contributed by atoms with van der Waals surface area (Å²) >= 11 is 0. The molecule has 2 aromatic rings. The van der Waals surface area contributed by atoms with Crippen molar-refractivity contribution in [2.24, 2.45) is 0 Å². The summed E-state index contributed by atoms with van der Waals surface area (Å²) < 4.78 is 0. The molecular weight excluding hydrogens is 376 g/mol. The third kappa shape index (κ3) is 5.84. The number of hydrogen-bond donors (Lipinski definition) is 2. The number of aryl methyl sites for hydroxylation is 3. The topological polar surface area (TPSA) is 52.0 Å². The molecule has 0 amide bonds. The molecule has 2 nitrogen and oxygen atoms in total. The van der Waals surface area contributed by atoms with Crippen molar-refractivity contribution in [2.75, 3.05) is 11.5 Å². The Labute approximate surface area is 191 Å². The standard InChI is InChI=1S/C29H46N2/c1-6-11-14-24-21-28(31)23(10-5)20-26(24)29(17-12-7-2,18-13-8-3)25-15-16-27(30)22(9-4)19-25/h15-16,19-21H,6-14,17-18,30-31H2,1-5H3. The van der Waals surface area contributed by atoms with Crippen LogP contribution in [0.25, 0.3) is 0 Å². The molecule has 0 heterocycles. The smallest absolute Gasteiger partial charge is 0.0349 e. The molecule has 0 aliphatic rings. The second-order valence-corrected chi connectivity index (χ2v) is 9.22. The predicted molar refractivity (Wildman–Crippen MR) is 139 cm³/mol. The van der Waals surface area contributed by atoms with Gasteiger partial charge in [0.1, 0.15) is 0 Å². The Morgan fingerprint density at radius 3 is 1.77 bits per heavy atom. The lowest BCUT2D eigenvalue weighted by atomic mass is 9.65. The molecule has 4 N–H and O–H groups in total. The first-order chi connectivity index (χ1) is 15.0. The second kappa shape index (κ2) is 12.2. The van der Waals surface area contributed by atoms with Crippen molar-refractivity contribution in [1.29, 1.82) is 0 Å². The van der Waals surface area contributed by atoms with Gasteiger partial charge in [0, 0.05) is 16.8 Å². The third-order valence-corrected chi connectivity index (χ3v) is 7.05. The van der Waals surface area contributed by atoms with Gasteiger partial charge in [0.25, 0.3) is 0 Å². The second-order valence-electron chi connectivity index (χ2n) is 9.22. The Bertz CT molecular complexity index is 814. The molecule has 0 aliphatic heterocycles. The molecule has 2 rings (SSSR count). The van der Waals surface area contributed by atoms with E-state index >= 15 is 0 Å². The summed E-state index contributed by atoms with van der Waals surface area (Å²) in [6.07, 6.45) is 12.7. The fourth-order valence-electron chi connectivity index (χ4n) is 5.04. The normalized spacial score (nSPS) is 11.8. The van der Waals surface area contributed by atoms with Gasteiger partial charge in [-0.15, -0.1) is 0 Å². The van der Waals surface area contributed by atoms with Crippen LogP contribution in [-0.4, -0.2) is 0 Å². The quantitative estimate of drug-likeness (QED) is 0.321. The molecule has 0 bridgehead atoms. The monoisotopic (exact) mass is 422 g/mol. The molecule has 31 heavy (non-hydrogen) atoms. The van der Waals surface area contributed by atoms with Crippen LogP contribution in [0, 0.1) is 0 Å². The van der Waals surface area contributed by atoms with E-state index in [4.69, 9.17) is 11.5 Å². The summed E-state index contributed by atoms with van der Waals surface area (Å²) in [7, 11) is 0. The summed E-state index contributed by atoms with van der Waals surface area (Å²) in [5, 5.41) is 0. The largest absolute Gasteiger partial charge is 0.399 e. The highest BCUT2D eigenvalue weighted by atomic mass is 14.6. The van der Waals surface area contributed by atoms with Gasteiger partial charge in [-0.05, 0) is 78.5 Å². The SMILES string of the molecule is CCCCc1cc(N)c(CC)cc1C(CCCC)(CCCC)c1ccc(N)c(CC)c1. The van der Waals surface area contributed by atoms with Gasteiger partial charge in [-0.2, -0.15) is 0 Å². The Kier molecular flexibility index (Phi) is 9.93. The zero-order valence-electron chi connectivity index (χ0n) is 20.8. The van der Waals surface area contributed by atoms with E-state index in [1.54, 1.807) is 0 Å². The van der Waals surface area contributed by atoms with E-state index in [2.05, 4.69) is 65.0 Å². The molecule has 0 radical (unpaired) electrons. The maximum absolute atomic E-state index is 6.50. The van der Waals surface area contributed by atoms with Crippen molar-refractivity contribution in [3.8, 4) is 0 Å². The zero-order chi connectivity index (χ0) is 22.9. The van der Waals surface area contributed by atoms with Gasteiger partial charge in [-0.3, -0.25) is 0 Å². The van der Waals surface area contributed by atoms with E-state index in [0.717, 1.165) is 30.6 Å². The molecule has 0 unspecified atom stereocenters. The average Bonchev–Trinajstić information content (AvgIpc) is 2.78. The van der Waals surface area contributed by atoms with E-state index in [0.29, 0.717) is 0 Å². The number of nitrogens with two attached hydrogens (primary N) is 2. The number of anilines is 2. The molecular formula is C29H46N2. The fraction of sp³-hybridized carbons (Fsp3) is 0.586. The first kappa shape index (κ1) is 25.3. The molecule has 0 spiro atoms. The van der Waals surface area contributed by atoms with E-state index in [9.17, 15) is 0 Å². The summed E-state index contributed by atoms with van der Waals surface area (Å²) in [6, 6.07) is 11.6. The van der Waals surface area contributed by atoms with Crippen LogP contribution in [0.4, 0.5) is 11.4 Å². The minimum Gasteiger partial charge on any atom is -0.399 e. The Morgan fingerprint density at radius 2 is 1.23 bits per heavy atom. The van der Waals surface area contributed by atoms with Crippen LogP contribution in [0.2, 0.25) is 0 Å². The van der Waals surface area contributed by atoms with Crippen LogP contribution in [0.3, 0.4) is 0 Å². The molecule has 2 heteroatoms. The summed E-state index contributed by atoms with van der Waals surface area (Å²) in [4.78, 5) is 0. The van der Waals surface area contributed by atoms with E-state index in [1.165, 1.54) is 79.2 Å². The number of rotatable bonds is 13. The third-order valence-electron chi connectivity index (χ3n) is 7.05. The Balaban J connectivity index is 2.82. The molecule has 172 valence electrons. The van der Waals surface area contributed by atoms with Crippen LogP contribution in [0.1, 0.15) is 114 Å². The van der Waals surface area contributed by atoms with Crippen molar-refractivity contribution in [1.82, 2.24) is 0 Å². The maximum atomic E-state index is 6.50. The predicted octanol–water partition coefficient (Wildman–Crippen LogP) is 7.98. The van der Waals surface area contributed by atoms with Crippen LogP contribution in [0.15, 0.2) is 30.3 Å². The molecule has 0 saturated carbocycles. The minimum absolute atomic E-state index is 0.0321. The van der Waals surface area contributed by atoms with Crippen molar-refractivity contribution in [2.45, 2.75) is 111 Å². The van der Waals surface area contributed by atoms with E-state index < -0.39 is 0 Å². The number of hydrogen-bond acceptors (Lipinski definition) is 2. The molecule has 0 atom stereocenters. The molecule has 0 saturated heterocycles. The highest BCUT2D eigenvalue weighted by Gasteiger charge is 2.35. The van der Waals surface area contributed by atoms with Gasteiger partial charge in [-0.1, -0.05) is 84.9 Å². The van der Waals surface area contributed by atoms with Gasteiger partial charge in [0.15, 0.2) is 0 Å². The van der Waals surface area contributed by atoms with E-state index in [-0.39, 0.29) is 5.41 Å². The summed E-state index contributed by atoms with van der Waals surface area (Å²) in [5.74, 6) is 0. The van der Waals surface area contributed by atoms with Crippen LogP contribution in [0.5, 0.6) is 0 Å². The van der Waals surface area contributed by atoms with Gasteiger partial charge >= 0.3 is 0 Å². The average molecular weight is 423 g/mol. The lowest BCUT2D eigenvalue weighted by molar-refractivity contribution is 0.402. The Hall–Kier alpha value is -1.96. The molecule has 0 fully saturated rings. The van der Waals surface area contributed by atoms with E-state index in [1.807, 2.05) is 0 Å². The minimum atomic E-state index is 0.0321. The fourth-order valence-corrected chi connectivity index (χ4v) is 5.04. The van der Waals surface area contributed by atoms with Gasteiger partial charge < -0.3 is 11.5 Å². The number of unbranched alkanes of at least 4 members (excludes halogenated alkanes) is 3. The van der Waals surface area contributed by atoms with Crippen molar-refractivity contribution in [3.63, 3.8) is 0 Å². The zero-order valence-corrected chi connectivity index (χ0v) is 20.8. The molecule has 0 aromatic heterocycles. The first-order valence-corrected chi connectivity index (χ1v) is 12.8. The van der Waals surface area contributed by atoms with Gasteiger partial charge in [0.2, 0.25) is 0 Å². The van der Waals surface area contributed by atoms with Crippen molar-refractivity contribution >= 4 is 11.4 Å². The highest BCUT2D eigenvalue weighted by molar-refractivity contribution is 5.58. The highest BCUT2D eigenvalue weighted by Crippen LogP contribution is 2.45. The number of nitrogen functional groups attached to an aromatic ring is 2. The lowest BCUT2D eigenvalue weighted by Gasteiger charge is -2.38. The lowest BCUT2D eigenvalue weighted by Crippen LogP contribution is -2.30. The first-order valence-electron chi connectivity index (χ1n) is 12.8. The summed E-state index contributed by atoms with van der Waals surface area (Å²) in [6.45, 7) is 11.3. The van der Waals surface area contributed by atoms with Crippen molar-refractivity contribution in [3.05, 3.63) is 58.1 Å². The van der Waals surface area contributed by atoms with Gasteiger partial charge in [0.05, 0.1) is 0 Å². The Morgan fingerprint density at radius 1 is 0.645 bits per heavy atom. The molecule has 2 aromatic carbocycles. The van der Waals surface area contributed by atoms with Gasteiger partial charge in [-0.25, -0.2) is 0 Å². The van der Waals surface area contributed by atoms with Crippen LogP contribution >= 0.6 is 0 Å². The van der Waals surface area contributed by atoms with Crippen LogP contribution in [-0.2, 0) is 24.7 Å².